The number of nitrogens with zero attached hydrogens (tertiary/aromatic N) is 6. The average Bonchev–Trinajstić information content (AvgIpc) is 3.62. The van der Waals surface area contributed by atoms with Crippen molar-refractivity contribution in [2.45, 2.75) is 13.1 Å². The van der Waals surface area contributed by atoms with Gasteiger partial charge in [0, 0.05) is 53.1 Å². The number of nitrogens with one attached hydrogen (secondary N) is 2. The lowest BCUT2D eigenvalue weighted by Gasteiger charge is -2.15. The summed E-state index contributed by atoms with van der Waals surface area (Å²) in [5, 5.41) is 10.9. The monoisotopic (exact) mass is 556 g/mol. The number of benzene rings is 1. The fourth-order valence-electron chi connectivity index (χ4n) is 3.92. The van der Waals surface area contributed by atoms with Gasteiger partial charge in [-0.3, -0.25) is 5.43 Å². The van der Waals surface area contributed by atoms with E-state index in [0.717, 1.165) is 10.7 Å². The lowest BCUT2D eigenvalue weighted by atomic mass is 10.1. The molecule has 2 N–H and O–H groups in total. The molecule has 0 atom stereocenters. The molecule has 40 heavy (non-hydrogen) atoms. The minimum atomic E-state index is -4.65. The normalized spacial score (nSPS) is 12.8. The Labute approximate surface area is 225 Å². The van der Waals surface area contributed by atoms with Crippen molar-refractivity contribution in [2.75, 3.05) is 33.4 Å². The molecule has 0 fully saturated rings. The maximum absolute atomic E-state index is 13.5. The molecule has 1 aromatic carbocycles. The lowest BCUT2D eigenvalue weighted by molar-refractivity contribution is -0.141. The molecule has 1 aliphatic heterocycles. The number of pyridine rings is 1. The van der Waals surface area contributed by atoms with Crippen molar-refractivity contribution in [3.05, 3.63) is 59.7 Å². The molecule has 12 nitrogen and oxygen atoms in total. The Morgan fingerprint density at radius 3 is 2.30 bits per heavy atom. The van der Waals surface area contributed by atoms with Crippen molar-refractivity contribution in [3.63, 3.8) is 0 Å². The fraction of sp³-hybridized carbons (Fsp3) is 0.240. The first kappa shape index (κ1) is 26.5. The van der Waals surface area contributed by atoms with Crippen LogP contribution in [0.15, 0.2) is 47.8 Å². The molecule has 0 bridgehead atoms. The number of ether oxygens (including phenoxy) is 4. The molecule has 0 amide bonds. The maximum Gasteiger partial charge on any atom is 0.435 e. The molecule has 4 aromatic rings. The van der Waals surface area contributed by atoms with E-state index in [-0.39, 0.29) is 36.0 Å². The summed E-state index contributed by atoms with van der Waals surface area (Å²) < 4.78 is 63.2. The van der Waals surface area contributed by atoms with Gasteiger partial charge in [-0.2, -0.15) is 23.3 Å². The Morgan fingerprint density at radius 1 is 0.950 bits per heavy atom. The maximum atomic E-state index is 13.5. The number of hydrogen-bond donors (Lipinski definition) is 2. The number of anilines is 2. The number of hydrogen-bond acceptors (Lipinski definition) is 11. The van der Waals surface area contributed by atoms with Crippen molar-refractivity contribution < 1.29 is 32.1 Å². The molecule has 0 saturated heterocycles. The Bertz CT molecular complexity index is 1570. The van der Waals surface area contributed by atoms with E-state index in [1.54, 1.807) is 24.3 Å². The standard InChI is InChI=1S/C25H23F3N8O4/c1-13-5-20(25(26,27)28)35-36(13)21-19(14-6-18(22(39-4)29-10-14)23-34-31-12-40-23)11-30-24(33-21)32-15-7-16(37-2)9-17(8-15)38-3/h5-11,31H,12H2,1-4H3,(H,30,32,33). The molecular formula is C25H23F3N8O4. The summed E-state index contributed by atoms with van der Waals surface area (Å²) in [4.78, 5) is 13.3. The molecule has 4 heterocycles. The van der Waals surface area contributed by atoms with Crippen LogP contribution in [0.2, 0.25) is 0 Å². The zero-order chi connectivity index (χ0) is 28.4. The topological polar surface area (TPSA) is 130 Å². The molecule has 0 spiro atoms. The van der Waals surface area contributed by atoms with Crippen molar-refractivity contribution in [1.29, 1.82) is 0 Å². The molecule has 0 aliphatic carbocycles. The van der Waals surface area contributed by atoms with E-state index in [4.69, 9.17) is 18.9 Å². The van der Waals surface area contributed by atoms with Gasteiger partial charge in [-0.25, -0.2) is 14.6 Å². The van der Waals surface area contributed by atoms with Gasteiger partial charge in [0.2, 0.25) is 17.7 Å². The van der Waals surface area contributed by atoms with E-state index in [1.165, 1.54) is 40.6 Å². The van der Waals surface area contributed by atoms with Crippen LogP contribution >= 0.6 is 0 Å². The van der Waals surface area contributed by atoms with Gasteiger partial charge in [0.05, 0.1) is 21.3 Å². The number of aromatic nitrogens is 5. The highest BCUT2D eigenvalue weighted by atomic mass is 19.4. The number of rotatable bonds is 8. The third-order valence-corrected chi connectivity index (χ3v) is 5.79. The van der Waals surface area contributed by atoms with Crippen molar-refractivity contribution in [1.82, 2.24) is 30.2 Å². The Balaban J connectivity index is 1.65. The molecule has 1 aliphatic rings. The first-order chi connectivity index (χ1) is 19.2. The van der Waals surface area contributed by atoms with Crippen LogP contribution in [0.3, 0.4) is 0 Å². The van der Waals surface area contributed by atoms with Crippen LogP contribution in [0.25, 0.3) is 16.9 Å². The van der Waals surface area contributed by atoms with Crippen molar-refractivity contribution in [3.8, 4) is 34.3 Å². The minimum Gasteiger partial charge on any atom is -0.497 e. The summed E-state index contributed by atoms with van der Waals surface area (Å²) in [6.07, 6.45) is -1.71. The predicted octanol–water partition coefficient (Wildman–Crippen LogP) is 4.06. The van der Waals surface area contributed by atoms with E-state index in [2.05, 4.69) is 35.9 Å². The Hall–Kier alpha value is -5.08. The van der Waals surface area contributed by atoms with Crippen molar-refractivity contribution >= 4 is 17.5 Å². The smallest absolute Gasteiger partial charge is 0.435 e. The van der Waals surface area contributed by atoms with Crippen molar-refractivity contribution in [2.24, 2.45) is 5.10 Å². The molecule has 15 heteroatoms. The lowest BCUT2D eigenvalue weighted by Crippen LogP contribution is -2.11. The molecule has 0 unspecified atom stereocenters. The Kier molecular flexibility index (Phi) is 7.02. The second-order valence-corrected chi connectivity index (χ2v) is 8.38. The quantitative estimate of drug-likeness (QED) is 0.328. The van der Waals surface area contributed by atoms with Crippen LogP contribution in [0.4, 0.5) is 24.8 Å². The van der Waals surface area contributed by atoms with Gasteiger partial charge < -0.3 is 24.3 Å². The molecule has 208 valence electrons. The summed E-state index contributed by atoms with van der Waals surface area (Å²) in [7, 11) is 4.47. The summed E-state index contributed by atoms with van der Waals surface area (Å²) in [6, 6.07) is 7.68. The van der Waals surface area contributed by atoms with E-state index >= 15 is 0 Å². The van der Waals surface area contributed by atoms with Crippen LogP contribution in [-0.4, -0.2) is 58.7 Å². The summed E-state index contributed by atoms with van der Waals surface area (Å²) >= 11 is 0. The van der Waals surface area contributed by atoms with Crippen LogP contribution in [-0.2, 0) is 10.9 Å². The third-order valence-electron chi connectivity index (χ3n) is 5.79. The molecule has 0 radical (unpaired) electrons. The molecule has 0 saturated carbocycles. The van der Waals surface area contributed by atoms with Crippen LogP contribution in [0.1, 0.15) is 17.0 Å². The van der Waals surface area contributed by atoms with Crippen LogP contribution in [0, 0.1) is 6.92 Å². The largest absolute Gasteiger partial charge is 0.497 e. The van der Waals surface area contributed by atoms with E-state index in [1.807, 2.05) is 0 Å². The van der Waals surface area contributed by atoms with Gasteiger partial charge >= 0.3 is 6.18 Å². The van der Waals surface area contributed by atoms with E-state index in [0.29, 0.717) is 33.9 Å². The second-order valence-electron chi connectivity index (χ2n) is 8.38. The van der Waals surface area contributed by atoms with Gasteiger partial charge in [-0.1, -0.05) is 0 Å². The van der Waals surface area contributed by atoms with Gasteiger partial charge in [-0.15, -0.1) is 5.10 Å². The van der Waals surface area contributed by atoms with Crippen LogP contribution < -0.4 is 25.0 Å². The minimum absolute atomic E-state index is 0.0747. The first-order valence-electron chi connectivity index (χ1n) is 11.7. The highest BCUT2D eigenvalue weighted by Gasteiger charge is 2.35. The summed E-state index contributed by atoms with van der Waals surface area (Å²) in [6.45, 7) is 1.66. The van der Waals surface area contributed by atoms with E-state index < -0.39 is 11.9 Å². The molecule has 5 rings (SSSR count). The highest BCUT2D eigenvalue weighted by molar-refractivity contribution is 5.98. The average molecular weight is 557 g/mol. The number of aryl methyl sites for hydroxylation is 1. The zero-order valence-corrected chi connectivity index (χ0v) is 21.7. The van der Waals surface area contributed by atoms with Gasteiger partial charge in [0.15, 0.2) is 18.2 Å². The number of alkyl halides is 3. The first-order valence-corrected chi connectivity index (χ1v) is 11.7. The molecular weight excluding hydrogens is 533 g/mol. The Morgan fingerprint density at radius 2 is 1.70 bits per heavy atom. The van der Waals surface area contributed by atoms with Gasteiger partial charge in [0.1, 0.15) is 17.1 Å². The fourth-order valence-corrected chi connectivity index (χ4v) is 3.92. The highest BCUT2D eigenvalue weighted by Crippen LogP contribution is 2.34. The van der Waals surface area contributed by atoms with E-state index in [9.17, 15) is 13.2 Å². The predicted molar refractivity (Wildman–Crippen MR) is 137 cm³/mol. The SMILES string of the molecule is COc1cc(Nc2ncc(-c3cnc(OC)c(C4=NNCO4)c3)c(-n3nc(C(F)(F)F)cc3C)n2)cc(OC)c1. The summed E-state index contributed by atoms with van der Waals surface area (Å²) in [5.74, 6) is 1.68. The zero-order valence-electron chi connectivity index (χ0n) is 21.7. The van der Waals surface area contributed by atoms with Crippen LogP contribution in [0.5, 0.6) is 17.4 Å². The van der Waals surface area contributed by atoms with Gasteiger partial charge in [0.25, 0.3) is 0 Å². The summed E-state index contributed by atoms with van der Waals surface area (Å²) in [5.41, 5.74) is 3.60. The number of halogens is 3. The number of methoxy groups -OCH3 is 3. The molecule has 3 aromatic heterocycles. The third kappa shape index (κ3) is 5.25. The second kappa shape index (κ2) is 10.6. The number of hydrazone groups is 1. The van der Waals surface area contributed by atoms with Gasteiger partial charge in [-0.05, 0) is 19.1 Å².